The third-order valence-electron chi connectivity index (χ3n) is 4.72. The van der Waals surface area contributed by atoms with E-state index in [4.69, 9.17) is 0 Å². The fourth-order valence-corrected chi connectivity index (χ4v) is 2.96. The lowest BCUT2D eigenvalue weighted by Gasteiger charge is -2.25. The molecule has 3 rings (SSSR count). The summed E-state index contributed by atoms with van der Waals surface area (Å²) in [5, 5.41) is 24.1. The Morgan fingerprint density at radius 1 is 1.25 bits per heavy atom. The summed E-state index contributed by atoms with van der Waals surface area (Å²) in [4.78, 5) is 36.5. The largest absolute Gasteiger partial charge is 0.480 e. The first-order chi connectivity index (χ1) is 13.4. The van der Waals surface area contributed by atoms with E-state index in [1.54, 1.807) is 24.3 Å². The standard InChI is InChI=1S/C20H21N3O5/c1-22(18(20(25)26)11-13-5-3-2-4-6-13)19(24)14-7-10-16(21-15-8-9-15)17(12-14)23(27)28/h2-7,10,12,15,18,21H,8-9,11H2,1H3,(H,25,26). The van der Waals surface area contributed by atoms with Gasteiger partial charge in [0.2, 0.25) is 0 Å². The number of nitro groups is 1. The van der Waals surface area contributed by atoms with Gasteiger partial charge in [-0.1, -0.05) is 30.3 Å². The van der Waals surface area contributed by atoms with Gasteiger partial charge in [0.25, 0.3) is 11.6 Å². The Labute approximate surface area is 161 Å². The molecule has 0 spiro atoms. The first-order valence-corrected chi connectivity index (χ1v) is 8.95. The van der Waals surface area contributed by atoms with Crippen molar-refractivity contribution in [2.75, 3.05) is 12.4 Å². The molecule has 28 heavy (non-hydrogen) atoms. The minimum atomic E-state index is -1.14. The van der Waals surface area contributed by atoms with E-state index < -0.39 is 22.8 Å². The molecule has 0 saturated heterocycles. The molecule has 2 aromatic carbocycles. The number of carboxylic acid groups (broad SMARTS) is 1. The quantitative estimate of drug-likeness (QED) is 0.535. The van der Waals surface area contributed by atoms with Crippen molar-refractivity contribution in [3.05, 3.63) is 69.8 Å². The van der Waals surface area contributed by atoms with Gasteiger partial charge in [0.1, 0.15) is 11.7 Å². The zero-order valence-electron chi connectivity index (χ0n) is 15.4. The van der Waals surface area contributed by atoms with Crippen LogP contribution in [0.4, 0.5) is 11.4 Å². The van der Waals surface area contributed by atoms with Crippen molar-refractivity contribution in [3.63, 3.8) is 0 Å². The number of rotatable bonds is 8. The summed E-state index contributed by atoms with van der Waals surface area (Å²) in [6, 6.07) is 12.3. The van der Waals surface area contributed by atoms with Gasteiger partial charge >= 0.3 is 5.97 Å². The highest BCUT2D eigenvalue weighted by molar-refractivity contribution is 5.97. The van der Waals surface area contributed by atoms with Gasteiger partial charge in [0, 0.05) is 31.1 Å². The summed E-state index contributed by atoms with van der Waals surface area (Å²) in [7, 11) is 1.40. The topological polar surface area (TPSA) is 113 Å². The van der Waals surface area contributed by atoms with Crippen LogP contribution in [-0.4, -0.2) is 45.9 Å². The van der Waals surface area contributed by atoms with E-state index in [0.29, 0.717) is 5.69 Å². The molecule has 0 aromatic heterocycles. The van der Waals surface area contributed by atoms with Crippen LogP contribution in [0.25, 0.3) is 0 Å². The number of benzene rings is 2. The van der Waals surface area contributed by atoms with Gasteiger partial charge in [-0.15, -0.1) is 0 Å². The van der Waals surface area contributed by atoms with Crippen molar-refractivity contribution in [2.24, 2.45) is 0 Å². The van der Waals surface area contributed by atoms with Crippen LogP contribution >= 0.6 is 0 Å². The average Bonchev–Trinajstić information content (AvgIpc) is 3.49. The lowest BCUT2D eigenvalue weighted by atomic mass is 10.0. The molecule has 1 unspecified atom stereocenters. The third kappa shape index (κ3) is 4.46. The van der Waals surface area contributed by atoms with Crippen LogP contribution < -0.4 is 5.32 Å². The van der Waals surface area contributed by atoms with Gasteiger partial charge in [0.15, 0.2) is 0 Å². The Morgan fingerprint density at radius 2 is 1.93 bits per heavy atom. The zero-order valence-corrected chi connectivity index (χ0v) is 15.4. The number of carboxylic acids is 1. The maximum atomic E-state index is 12.8. The van der Waals surface area contributed by atoms with Crippen molar-refractivity contribution in [1.82, 2.24) is 4.90 Å². The molecular weight excluding hydrogens is 362 g/mol. The number of carbonyl (C=O) groups is 2. The van der Waals surface area contributed by atoms with Crippen LogP contribution in [0.2, 0.25) is 0 Å². The predicted molar refractivity (Wildman–Crippen MR) is 103 cm³/mol. The molecular formula is C20H21N3O5. The van der Waals surface area contributed by atoms with E-state index >= 15 is 0 Å². The summed E-state index contributed by atoms with van der Waals surface area (Å²) in [5.74, 6) is -1.72. The van der Waals surface area contributed by atoms with Crippen LogP contribution in [0, 0.1) is 10.1 Å². The number of nitro benzene ring substituents is 1. The first-order valence-electron chi connectivity index (χ1n) is 8.95. The number of nitrogens with zero attached hydrogens (tertiary/aromatic N) is 2. The summed E-state index contributed by atoms with van der Waals surface area (Å²) in [5.41, 5.74) is 1.03. The number of anilines is 1. The molecule has 0 aliphatic heterocycles. The van der Waals surface area contributed by atoms with Crippen molar-refractivity contribution in [3.8, 4) is 0 Å². The van der Waals surface area contributed by atoms with E-state index in [0.717, 1.165) is 23.3 Å². The van der Waals surface area contributed by atoms with E-state index in [1.807, 2.05) is 6.07 Å². The summed E-state index contributed by atoms with van der Waals surface area (Å²) >= 11 is 0. The molecule has 2 aromatic rings. The molecule has 0 radical (unpaired) electrons. The molecule has 1 fully saturated rings. The SMILES string of the molecule is CN(C(=O)c1ccc(NC2CC2)c([N+](=O)[O-])c1)C(Cc1ccccc1)C(=O)O. The number of aliphatic carboxylic acids is 1. The van der Waals surface area contributed by atoms with Gasteiger partial charge in [0.05, 0.1) is 4.92 Å². The predicted octanol–water partition coefficient (Wildman–Crippen LogP) is 2.94. The second kappa shape index (κ2) is 8.08. The van der Waals surface area contributed by atoms with E-state index in [1.165, 1.54) is 25.2 Å². The molecule has 1 amide bonds. The smallest absolute Gasteiger partial charge is 0.326 e. The summed E-state index contributed by atoms with van der Waals surface area (Å²) in [6.45, 7) is 0. The Balaban J connectivity index is 1.83. The average molecular weight is 383 g/mol. The van der Waals surface area contributed by atoms with Crippen LogP contribution in [-0.2, 0) is 11.2 Å². The van der Waals surface area contributed by atoms with Gasteiger partial charge in [-0.05, 0) is 30.5 Å². The van der Waals surface area contributed by atoms with Gasteiger partial charge in [-0.2, -0.15) is 0 Å². The van der Waals surface area contributed by atoms with Gasteiger partial charge < -0.3 is 15.3 Å². The molecule has 8 heteroatoms. The Morgan fingerprint density at radius 3 is 2.50 bits per heavy atom. The minimum Gasteiger partial charge on any atom is -0.480 e. The highest BCUT2D eigenvalue weighted by Gasteiger charge is 2.30. The monoisotopic (exact) mass is 383 g/mol. The number of likely N-dealkylation sites (N-methyl/N-ethyl adjacent to an activating group) is 1. The number of amides is 1. The van der Waals surface area contributed by atoms with E-state index in [-0.39, 0.29) is 23.7 Å². The third-order valence-corrected chi connectivity index (χ3v) is 4.72. The van der Waals surface area contributed by atoms with Crippen molar-refractivity contribution in [1.29, 1.82) is 0 Å². The molecule has 146 valence electrons. The molecule has 8 nitrogen and oxygen atoms in total. The summed E-state index contributed by atoms with van der Waals surface area (Å²) in [6.07, 6.45) is 2.06. The van der Waals surface area contributed by atoms with Crippen molar-refractivity contribution in [2.45, 2.75) is 31.3 Å². The molecule has 1 saturated carbocycles. The zero-order chi connectivity index (χ0) is 20.3. The highest BCUT2D eigenvalue weighted by Crippen LogP contribution is 2.32. The fraction of sp³-hybridized carbons (Fsp3) is 0.300. The van der Waals surface area contributed by atoms with Crippen LogP contribution in [0.5, 0.6) is 0 Å². The van der Waals surface area contributed by atoms with Crippen LogP contribution in [0.15, 0.2) is 48.5 Å². The Hall–Kier alpha value is -3.42. The van der Waals surface area contributed by atoms with Gasteiger partial charge in [-0.25, -0.2) is 4.79 Å². The second-order valence-corrected chi connectivity index (χ2v) is 6.87. The maximum absolute atomic E-state index is 12.8. The second-order valence-electron chi connectivity index (χ2n) is 6.87. The van der Waals surface area contributed by atoms with Crippen LogP contribution in [0.3, 0.4) is 0 Å². The van der Waals surface area contributed by atoms with Crippen molar-refractivity contribution < 1.29 is 19.6 Å². The molecule has 2 N–H and O–H groups in total. The molecule has 1 aliphatic carbocycles. The number of hydrogen-bond donors (Lipinski definition) is 2. The summed E-state index contributed by atoms with van der Waals surface area (Å²) < 4.78 is 0. The number of carbonyl (C=O) groups excluding carboxylic acids is 1. The molecule has 0 bridgehead atoms. The van der Waals surface area contributed by atoms with Gasteiger partial charge in [-0.3, -0.25) is 14.9 Å². The highest BCUT2D eigenvalue weighted by atomic mass is 16.6. The van der Waals surface area contributed by atoms with Crippen molar-refractivity contribution >= 4 is 23.3 Å². The fourth-order valence-electron chi connectivity index (χ4n) is 2.96. The number of nitrogens with one attached hydrogen (secondary N) is 1. The normalized spacial score (nSPS) is 14.2. The van der Waals surface area contributed by atoms with Crippen LogP contribution in [0.1, 0.15) is 28.8 Å². The van der Waals surface area contributed by atoms with E-state index in [2.05, 4.69) is 5.32 Å². The van der Waals surface area contributed by atoms with E-state index in [9.17, 15) is 24.8 Å². The number of hydrogen-bond acceptors (Lipinski definition) is 5. The molecule has 0 heterocycles. The molecule has 1 aliphatic rings. The Kier molecular flexibility index (Phi) is 5.58. The lowest BCUT2D eigenvalue weighted by molar-refractivity contribution is -0.384. The Bertz CT molecular complexity index is 896. The maximum Gasteiger partial charge on any atom is 0.326 e. The molecule has 1 atom stereocenters. The minimum absolute atomic E-state index is 0.0786. The first kappa shape index (κ1) is 19.3. The lowest BCUT2D eigenvalue weighted by Crippen LogP contribution is -2.43.